The van der Waals surface area contributed by atoms with Gasteiger partial charge in [-0.15, -0.1) is 0 Å². The van der Waals surface area contributed by atoms with Crippen molar-refractivity contribution in [3.05, 3.63) is 35.9 Å². The standard InChI is InChI=1S/C25H34N2O/c1-16(23-26-13-4-14-27-23)20-7-8-21-19-6-5-17-15-18(28)9-11-24(17,2)22(19)10-12-25(20,21)3/h4,7,13-14,16-17,19,21-22H,5-6,8-12,15H2,1-3H3/t16?,17?,19-,21-,22-,24-,25+/m0/s1. The Hall–Kier alpha value is -1.51. The van der Waals surface area contributed by atoms with Crippen LogP contribution < -0.4 is 0 Å². The second-order valence-electron chi connectivity index (χ2n) is 10.6. The van der Waals surface area contributed by atoms with Crippen LogP contribution in [0.3, 0.4) is 0 Å². The Morgan fingerprint density at radius 3 is 2.64 bits per heavy atom. The van der Waals surface area contributed by atoms with Crippen LogP contribution in [0.15, 0.2) is 30.1 Å². The largest absolute Gasteiger partial charge is 0.300 e. The van der Waals surface area contributed by atoms with E-state index in [1.54, 1.807) is 5.57 Å². The Morgan fingerprint density at radius 1 is 1.07 bits per heavy atom. The molecule has 2 unspecified atom stereocenters. The van der Waals surface area contributed by atoms with E-state index < -0.39 is 0 Å². The second-order valence-corrected chi connectivity index (χ2v) is 10.6. The molecule has 4 aliphatic carbocycles. The summed E-state index contributed by atoms with van der Waals surface area (Å²) in [4.78, 5) is 21.2. The van der Waals surface area contributed by atoms with Gasteiger partial charge in [-0.05, 0) is 79.1 Å². The molecule has 28 heavy (non-hydrogen) atoms. The summed E-state index contributed by atoms with van der Waals surface area (Å²) in [7, 11) is 0. The number of ketones is 1. The monoisotopic (exact) mass is 378 g/mol. The lowest BCUT2D eigenvalue weighted by Crippen LogP contribution is -2.53. The summed E-state index contributed by atoms with van der Waals surface area (Å²) >= 11 is 0. The summed E-state index contributed by atoms with van der Waals surface area (Å²) in [5, 5.41) is 0. The second kappa shape index (κ2) is 6.50. The number of Topliss-reactive ketones (excluding diaryl/α,β-unsaturated/α-hetero) is 1. The van der Waals surface area contributed by atoms with Gasteiger partial charge < -0.3 is 0 Å². The van der Waals surface area contributed by atoms with E-state index in [-0.39, 0.29) is 0 Å². The van der Waals surface area contributed by atoms with Gasteiger partial charge in [0.2, 0.25) is 0 Å². The predicted molar refractivity (Wildman–Crippen MR) is 111 cm³/mol. The minimum Gasteiger partial charge on any atom is -0.300 e. The molecule has 150 valence electrons. The quantitative estimate of drug-likeness (QED) is 0.617. The molecule has 0 radical (unpaired) electrons. The third kappa shape index (κ3) is 2.57. The lowest BCUT2D eigenvalue weighted by Gasteiger charge is -2.60. The van der Waals surface area contributed by atoms with Gasteiger partial charge in [0, 0.05) is 31.2 Å². The van der Waals surface area contributed by atoms with Crippen LogP contribution in [0.2, 0.25) is 0 Å². The summed E-state index contributed by atoms with van der Waals surface area (Å²) in [6, 6.07) is 1.91. The Morgan fingerprint density at radius 2 is 1.86 bits per heavy atom. The van der Waals surface area contributed by atoms with Crippen molar-refractivity contribution in [3.8, 4) is 0 Å². The van der Waals surface area contributed by atoms with Crippen molar-refractivity contribution in [1.82, 2.24) is 9.97 Å². The van der Waals surface area contributed by atoms with Crippen LogP contribution >= 0.6 is 0 Å². The molecule has 0 spiro atoms. The highest BCUT2D eigenvalue weighted by molar-refractivity contribution is 5.79. The molecule has 0 aromatic carbocycles. The number of allylic oxidation sites excluding steroid dienone is 2. The molecule has 0 aliphatic heterocycles. The van der Waals surface area contributed by atoms with Crippen molar-refractivity contribution in [2.24, 2.45) is 34.5 Å². The van der Waals surface area contributed by atoms with Gasteiger partial charge in [-0.2, -0.15) is 0 Å². The molecule has 3 fully saturated rings. The summed E-state index contributed by atoms with van der Waals surface area (Å²) in [6.45, 7) is 7.37. The van der Waals surface area contributed by atoms with Crippen LogP contribution in [0.4, 0.5) is 0 Å². The highest BCUT2D eigenvalue weighted by Gasteiger charge is 2.59. The predicted octanol–water partition coefficient (Wildman–Crippen LogP) is 5.73. The number of hydrogen-bond acceptors (Lipinski definition) is 3. The van der Waals surface area contributed by atoms with Crippen LogP contribution in [-0.4, -0.2) is 15.8 Å². The van der Waals surface area contributed by atoms with Gasteiger partial charge in [-0.25, -0.2) is 9.97 Å². The highest BCUT2D eigenvalue weighted by Crippen LogP contribution is 2.67. The third-order valence-electron chi connectivity index (χ3n) is 9.56. The first-order chi connectivity index (χ1) is 13.4. The van der Waals surface area contributed by atoms with E-state index >= 15 is 0 Å². The van der Waals surface area contributed by atoms with Crippen molar-refractivity contribution in [1.29, 1.82) is 0 Å². The average molecular weight is 379 g/mol. The van der Waals surface area contributed by atoms with E-state index in [9.17, 15) is 4.79 Å². The van der Waals surface area contributed by atoms with Gasteiger partial charge in [0.1, 0.15) is 11.6 Å². The molecule has 1 aromatic heterocycles. The van der Waals surface area contributed by atoms with E-state index in [1.807, 2.05) is 18.5 Å². The molecule has 4 aliphatic rings. The van der Waals surface area contributed by atoms with Crippen molar-refractivity contribution < 1.29 is 4.79 Å². The lowest BCUT2D eigenvalue weighted by molar-refractivity contribution is -0.137. The fourth-order valence-corrected chi connectivity index (χ4v) is 7.99. The maximum Gasteiger partial charge on any atom is 0.135 e. The van der Waals surface area contributed by atoms with E-state index in [0.29, 0.717) is 28.4 Å². The molecule has 1 heterocycles. The Kier molecular flexibility index (Phi) is 4.30. The van der Waals surface area contributed by atoms with E-state index in [2.05, 4.69) is 36.8 Å². The van der Waals surface area contributed by atoms with Gasteiger partial charge in [-0.1, -0.05) is 32.4 Å². The van der Waals surface area contributed by atoms with Crippen molar-refractivity contribution in [2.45, 2.75) is 78.1 Å². The summed E-state index contributed by atoms with van der Waals surface area (Å²) < 4.78 is 0. The van der Waals surface area contributed by atoms with Gasteiger partial charge in [0.15, 0.2) is 0 Å². The normalized spacial score (nSPS) is 43.5. The molecule has 0 saturated heterocycles. The topological polar surface area (TPSA) is 42.9 Å². The summed E-state index contributed by atoms with van der Waals surface area (Å²) in [6.07, 6.45) is 15.5. The molecule has 7 atom stereocenters. The smallest absolute Gasteiger partial charge is 0.135 e. The Balaban J connectivity index is 1.41. The first-order valence-electron chi connectivity index (χ1n) is 11.4. The van der Waals surface area contributed by atoms with E-state index in [4.69, 9.17) is 0 Å². The van der Waals surface area contributed by atoms with Crippen molar-refractivity contribution >= 4 is 5.78 Å². The highest BCUT2D eigenvalue weighted by atomic mass is 16.1. The first kappa shape index (κ1) is 18.5. The fourth-order valence-electron chi connectivity index (χ4n) is 7.99. The van der Waals surface area contributed by atoms with Crippen LogP contribution in [0, 0.1) is 34.5 Å². The SMILES string of the molecule is CC(C1=CC[C@H]2[C@@H]3CCC4CC(=O)CC[C@]4(C)[C@H]3CC[C@]12C)c1ncccn1. The third-order valence-corrected chi connectivity index (χ3v) is 9.56. The Bertz CT molecular complexity index is 802. The van der Waals surface area contributed by atoms with Gasteiger partial charge in [-0.3, -0.25) is 4.79 Å². The Labute approximate surface area is 169 Å². The maximum atomic E-state index is 12.1. The van der Waals surface area contributed by atoms with Gasteiger partial charge >= 0.3 is 0 Å². The average Bonchev–Trinajstić information content (AvgIpc) is 3.06. The van der Waals surface area contributed by atoms with Crippen LogP contribution in [-0.2, 0) is 4.79 Å². The number of nitrogens with zero attached hydrogens (tertiary/aromatic N) is 2. The number of aromatic nitrogens is 2. The summed E-state index contributed by atoms with van der Waals surface area (Å²) in [5.74, 6) is 4.85. The minimum atomic E-state index is 0.299. The zero-order valence-corrected chi connectivity index (χ0v) is 17.7. The van der Waals surface area contributed by atoms with E-state index in [0.717, 1.165) is 42.8 Å². The van der Waals surface area contributed by atoms with Crippen molar-refractivity contribution in [3.63, 3.8) is 0 Å². The maximum absolute atomic E-state index is 12.1. The molecule has 0 amide bonds. The summed E-state index contributed by atoms with van der Waals surface area (Å²) in [5.41, 5.74) is 2.29. The van der Waals surface area contributed by atoms with Crippen LogP contribution in [0.5, 0.6) is 0 Å². The molecule has 1 aromatic rings. The number of rotatable bonds is 2. The molecule has 3 heteroatoms. The number of hydrogen-bond donors (Lipinski definition) is 0. The first-order valence-corrected chi connectivity index (χ1v) is 11.4. The number of carbonyl (C=O) groups excluding carboxylic acids is 1. The van der Waals surface area contributed by atoms with Crippen LogP contribution in [0.25, 0.3) is 0 Å². The minimum absolute atomic E-state index is 0.299. The number of fused-ring (bicyclic) bond motifs is 5. The molecular weight excluding hydrogens is 344 g/mol. The molecule has 3 nitrogen and oxygen atoms in total. The molecule has 5 rings (SSSR count). The zero-order valence-electron chi connectivity index (χ0n) is 17.7. The van der Waals surface area contributed by atoms with Gasteiger partial charge in [0.05, 0.1) is 0 Å². The molecule has 0 N–H and O–H groups in total. The molecular formula is C25H34N2O. The fraction of sp³-hybridized carbons (Fsp3) is 0.720. The van der Waals surface area contributed by atoms with Crippen molar-refractivity contribution in [2.75, 3.05) is 0 Å². The van der Waals surface area contributed by atoms with Crippen LogP contribution in [0.1, 0.15) is 83.9 Å². The lowest BCUT2D eigenvalue weighted by atomic mass is 9.44. The molecule has 0 bridgehead atoms. The van der Waals surface area contributed by atoms with E-state index in [1.165, 1.54) is 32.1 Å². The zero-order chi connectivity index (χ0) is 19.5. The number of carbonyl (C=O) groups is 1. The van der Waals surface area contributed by atoms with Gasteiger partial charge in [0.25, 0.3) is 0 Å². The molecule has 3 saturated carbocycles.